The Labute approximate surface area is 83.7 Å². The maximum absolute atomic E-state index is 5.51. The molecular weight excluding hydrogens is 178 g/mol. The lowest BCUT2D eigenvalue weighted by Crippen LogP contribution is -2.27. The van der Waals surface area contributed by atoms with Crippen LogP contribution < -0.4 is 10.6 Å². The van der Waals surface area contributed by atoms with E-state index in [9.17, 15) is 0 Å². The van der Waals surface area contributed by atoms with Crippen LogP contribution in [0, 0.1) is 0 Å². The van der Waals surface area contributed by atoms with Gasteiger partial charge in [0, 0.05) is 12.6 Å². The smallest absolute Gasteiger partial charge is 0.246 e. The van der Waals surface area contributed by atoms with Gasteiger partial charge in [0.2, 0.25) is 11.9 Å². The number of nitrogen functional groups attached to an aromatic ring is 1. The molecule has 0 aliphatic heterocycles. The number of aromatic amines is 1. The summed E-state index contributed by atoms with van der Waals surface area (Å²) in [6, 6.07) is 0.650. The van der Waals surface area contributed by atoms with Gasteiger partial charge in [-0.2, -0.15) is 4.98 Å². The molecule has 78 valence electrons. The summed E-state index contributed by atoms with van der Waals surface area (Å²) in [7, 11) is 0. The molecule has 1 aliphatic carbocycles. The van der Waals surface area contributed by atoms with E-state index in [-0.39, 0.29) is 0 Å². The van der Waals surface area contributed by atoms with Gasteiger partial charge in [-0.1, -0.05) is 13.3 Å². The second-order valence-electron chi connectivity index (χ2n) is 3.80. The van der Waals surface area contributed by atoms with Gasteiger partial charge in [0.15, 0.2) is 0 Å². The fraction of sp³-hybridized carbons (Fsp3) is 0.778. The molecule has 0 bridgehead atoms. The molecule has 3 N–H and O–H groups in total. The summed E-state index contributed by atoms with van der Waals surface area (Å²) < 4.78 is 0. The van der Waals surface area contributed by atoms with E-state index in [2.05, 4.69) is 27.0 Å². The lowest BCUT2D eigenvalue weighted by molar-refractivity contribution is 0.696. The molecule has 0 atom stereocenters. The van der Waals surface area contributed by atoms with Crippen molar-refractivity contribution in [3.63, 3.8) is 0 Å². The largest absolute Gasteiger partial charge is 0.368 e. The third-order valence-electron chi connectivity index (χ3n) is 2.49. The van der Waals surface area contributed by atoms with Crippen LogP contribution in [0.4, 0.5) is 11.9 Å². The first-order valence-electron chi connectivity index (χ1n) is 5.25. The number of unbranched alkanes of at least 4 members (excludes halogenated alkanes) is 1. The summed E-state index contributed by atoms with van der Waals surface area (Å²) in [6.07, 6.45) is 4.91. The quantitative estimate of drug-likeness (QED) is 0.739. The third-order valence-corrected chi connectivity index (χ3v) is 2.49. The summed E-state index contributed by atoms with van der Waals surface area (Å²) in [5.41, 5.74) is 5.51. The van der Waals surface area contributed by atoms with E-state index in [1.807, 2.05) is 0 Å². The van der Waals surface area contributed by atoms with Crippen molar-refractivity contribution in [1.29, 1.82) is 0 Å². The molecule has 0 aromatic carbocycles. The van der Waals surface area contributed by atoms with Crippen LogP contribution in [0.3, 0.4) is 0 Å². The minimum Gasteiger partial charge on any atom is -0.368 e. The first-order valence-corrected chi connectivity index (χ1v) is 5.25. The Morgan fingerprint density at radius 1 is 1.57 bits per heavy atom. The maximum Gasteiger partial charge on any atom is 0.246 e. The van der Waals surface area contributed by atoms with Crippen LogP contribution in [0.25, 0.3) is 0 Å². The van der Waals surface area contributed by atoms with Gasteiger partial charge in [-0.25, -0.2) is 5.10 Å². The highest BCUT2D eigenvalue weighted by Gasteiger charge is 2.30. The average Bonchev–Trinajstić information content (AvgIpc) is 2.91. The number of aromatic nitrogens is 3. The standard InChI is InChI=1S/C9H17N5/c1-2-3-6-14(7-4-5-7)9-11-8(10)12-13-9/h7H,2-6H2,1H3,(H3,10,11,12,13). The molecule has 5 nitrogen and oxygen atoms in total. The lowest BCUT2D eigenvalue weighted by atomic mass is 10.3. The van der Waals surface area contributed by atoms with E-state index in [1.54, 1.807) is 0 Å². The third kappa shape index (κ3) is 1.97. The fourth-order valence-corrected chi connectivity index (χ4v) is 1.55. The Balaban J connectivity index is 2.02. The van der Waals surface area contributed by atoms with E-state index < -0.39 is 0 Å². The molecule has 5 heteroatoms. The SMILES string of the molecule is CCCCN(c1n[nH]c(N)n1)C1CC1. The van der Waals surface area contributed by atoms with Crippen LogP contribution in [0.5, 0.6) is 0 Å². The van der Waals surface area contributed by atoms with Gasteiger partial charge >= 0.3 is 0 Å². The molecule has 0 radical (unpaired) electrons. The number of nitrogens with one attached hydrogen (secondary N) is 1. The minimum absolute atomic E-state index is 0.405. The van der Waals surface area contributed by atoms with Gasteiger partial charge in [0.05, 0.1) is 0 Å². The van der Waals surface area contributed by atoms with Gasteiger partial charge in [0.1, 0.15) is 0 Å². The van der Waals surface area contributed by atoms with Crippen LogP contribution in [0.2, 0.25) is 0 Å². The second kappa shape index (κ2) is 3.86. The van der Waals surface area contributed by atoms with Crippen LogP contribution >= 0.6 is 0 Å². The van der Waals surface area contributed by atoms with Crippen LogP contribution in [0.1, 0.15) is 32.6 Å². The number of nitrogens with two attached hydrogens (primary N) is 1. The second-order valence-corrected chi connectivity index (χ2v) is 3.80. The summed E-state index contributed by atoms with van der Waals surface area (Å²) in [4.78, 5) is 6.42. The van der Waals surface area contributed by atoms with E-state index in [0.29, 0.717) is 12.0 Å². The summed E-state index contributed by atoms with van der Waals surface area (Å²) in [5, 5.41) is 6.78. The Morgan fingerprint density at radius 3 is 2.86 bits per heavy atom. The molecule has 0 unspecified atom stereocenters. The van der Waals surface area contributed by atoms with E-state index >= 15 is 0 Å². The van der Waals surface area contributed by atoms with E-state index in [1.165, 1.54) is 25.7 Å². The molecule has 1 aliphatic rings. The first kappa shape index (κ1) is 9.30. The molecule has 1 aromatic heterocycles. The van der Waals surface area contributed by atoms with Gasteiger partial charge in [0.25, 0.3) is 0 Å². The Bertz CT molecular complexity index is 291. The fourth-order valence-electron chi connectivity index (χ4n) is 1.55. The number of hydrogen-bond acceptors (Lipinski definition) is 4. The maximum atomic E-state index is 5.51. The summed E-state index contributed by atoms with van der Waals surface area (Å²) in [5.74, 6) is 1.17. The highest BCUT2D eigenvalue weighted by Crippen LogP contribution is 2.29. The van der Waals surface area contributed by atoms with Crippen molar-refractivity contribution in [2.24, 2.45) is 0 Å². The van der Waals surface area contributed by atoms with Gasteiger partial charge in [-0.05, 0) is 19.3 Å². The molecule has 14 heavy (non-hydrogen) atoms. The van der Waals surface area contributed by atoms with Crippen LogP contribution in [-0.4, -0.2) is 27.8 Å². The van der Waals surface area contributed by atoms with Crippen molar-refractivity contribution < 1.29 is 0 Å². The first-order chi connectivity index (χ1) is 6.81. The molecule has 2 rings (SSSR count). The van der Waals surface area contributed by atoms with Crippen molar-refractivity contribution in [3.8, 4) is 0 Å². The highest BCUT2D eigenvalue weighted by atomic mass is 15.4. The van der Waals surface area contributed by atoms with Crippen LogP contribution in [-0.2, 0) is 0 Å². The zero-order valence-electron chi connectivity index (χ0n) is 8.53. The van der Waals surface area contributed by atoms with Gasteiger partial charge < -0.3 is 10.6 Å². The molecule has 0 amide bonds. The normalized spacial score (nSPS) is 15.8. The minimum atomic E-state index is 0.405. The monoisotopic (exact) mass is 195 g/mol. The summed E-state index contributed by atoms with van der Waals surface area (Å²) >= 11 is 0. The number of hydrogen-bond donors (Lipinski definition) is 2. The van der Waals surface area contributed by atoms with Gasteiger partial charge in [-0.15, -0.1) is 5.10 Å². The van der Waals surface area contributed by atoms with E-state index in [4.69, 9.17) is 5.73 Å². The van der Waals surface area contributed by atoms with Crippen molar-refractivity contribution in [1.82, 2.24) is 15.2 Å². The highest BCUT2D eigenvalue weighted by molar-refractivity contribution is 5.36. The molecular formula is C9H17N5. The van der Waals surface area contributed by atoms with Crippen molar-refractivity contribution in [2.45, 2.75) is 38.6 Å². The molecule has 1 aromatic rings. The zero-order chi connectivity index (χ0) is 9.97. The summed E-state index contributed by atoms with van der Waals surface area (Å²) in [6.45, 7) is 3.23. The van der Waals surface area contributed by atoms with E-state index in [0.717, 1.165) is 12.5 Å². The predicted molar refractivity (Wildman–Crippen MR) is 56.1 cm³/mol. The Morgan fingerprint density at radius 2 is 2.36 bits per heavy atom. The number of anilines is 2. The predicted octanol–water partition coefficient (Wildman–Crippen LogP) is 1.16. The van der Waals surface area contributed by atoms with Crippen molar-refractivity contribution in [3.05, 3.63) is 0 Å². The average molecular weight is 195 g/mol. The Kier molecular flexibility index (Phi) is 2.56. The Hall–Kier alpha value is -1.26. The number of nitrogens with zero attached hydrogens (tertiary/aromatic N) is 3. The number of H-pyrrole nitrogens is 1. The molecule has 1 fully saturated rings. The topological polar surface area (TPSA) is 70.8 Å². The number of rotatable bonds is 5. The lowest BCUT2D eigenvalue weighted by Gasteiger charge is -2.19. The molecule has 0 saturated heterocycles. The molecule has 1 saturated carbocycles. The van der Waals surface area contributed by atoms with Gasteiger partial charge in [-0.3, -0.25) is 0 Å². The van der Waals surface area contributed by atoms with Crippen molar-refractivity contribution >= 4 is 11.9 Å². The molecule has 0 spiro atoms. The van der Waals surface area contributed by atoms with Crippen molar-refractivity contribution in [2.75, 3.05) is 17.2 Å². The molecule has 1 heterocycles. The zero-order valence-corrected chi connectivity index (χ0v) is 8.53. The van der Waals surface area contributed by atoms with Crippen LogP contribution in [0.15, 0.2) is 0 Å².